The summed E-state index contributed by atoms with van der Waals surface area (Å²) >= 11 is 1.44. The number of hydrogen-bond acceptors (Lipinski definition) is 7. The molecule has 3 aromatic carbocycles. The molecule has 1 saturated heterocycles. The topological polar surface area (TPSA) is 111 Å². The normalized spacial score (nSPS) is 15.2. The molecule has 1 aliphatic heterocycles. The molecule has 0 radical (unpaired) electrons. The largest absolute Gasteiger partial charge is 0.497 e. The van der Waals surface area contributed by atoms with E-state index in [-0.39, 0.29) is 22.9 Å². The number of amides is 2. The van der Waals surface area contributed by atoms with E-state index in [1.54, 1.807) is 42.3 Å². The second kappa shape index (κ2) is 9.84. The van der Waals surface area contributed by atoms with Crippen LogP contribution in [0.25, 0.3) is 0 Å². The monoisotopic (exact) mass is 479 g/mol. The number of thioether (sulfide) groups is 1. The maximum Gasteiger partial charge on any atom is 0.269 e. The van der Waals surface area contributed by atoms with Crippen molar-refractivity contribution in [3.8, 4) is 11.5 Å². The molecule has 1 aliphatic rings. The maximum atomic E-state index is 12.9. The Morgan fingerprint density at radius 1 is 1.09 bits per heavy atom. The van der Waals surface area contributed by atoms with Gasteiger partial charge in [0.15, 0.2) is 0 Å². The Kier molecular flexibility index (Phi) is 6.69. The number of carbonyl (C=O) groups excluding carboxylic acids is 2. The molecule has 3 aromatic rings. The van der Waals surface area contributed by atoms with Crippen LogP contribution in [-0.2, 0) is 4.79 Å². The van der Waals surface area contributed by atoms with Crippen molar-refractivity contribution in [2.24, 2.45) is 0 Å². The van der Waals surface area contributed by atoms with Gasteiger partial charge in [0.1, 0.15) is 16.9 Å². The molecule has 0 bridgehead atoms. The highest BCUT2D eigenvalue weighted by atomic mass is 32.2. The average molecular weight is 480 g/mol. The minimum absolute atomic E-state index is 0.0966. The molecule has 2 amide bonds. The highest BCUT2D eigenvalue weighted by Crippen LogP contribution is 2.47. The number of nitro benzene ring substituents is 1. The molecule has 4 rings (SSSR count). The first-order valence-electron chi connectivity index (χ1n) is 10.2. The Morgan fingerprint density at radius 3 is 2.50 bits per heavy atom. The Balaban J connectivity index is 1.67. The summed E-state index contributed by atoms with van der Waals surface area (Å²) < 4.78 is 10.8. The molecular weight excluding hydrogens is 458 g/mol. The molecule has 0 aliphatic carbocycles. The highest BCUT2D eigenvalue weighted by molar-refractivity contribution is 8.00. The quantitative estimate of drug-likeness (QED) is 0.388. The zero-order chi connectivity index (χ0) is 24.2. The zero-order valence-electron chi connectivity index (χ0n) is 18.4. The van der Waals surface area contributed by atoms with E-state index in [0.29, 0.717) is 22.9 Å². The average Bonchev–Trinajstić information content (AvgIpc) is 3.24. The smallest absolute Gasteiger partial charge is 0.269 e. The Labute approximate surface area is 199 Å². The summed E-state index contributed by atoms with van der Waals surface area (Å²) in [7, 11) is 3.08. The van der Waals surface area contributed by atoms with Crippen LogP contribution in [0.3, 0.4) is 0 Å². The van der Waals surface area contributed by atoms with Crippen LogP contribution < -0.4 is 19.7 Å². The fraction of sp³-hybridized carbons (Fsp3) is 0.167. The van der Waals surface area contributed by atoms with E-state index in [2.05, 4.69) is 5.32 Å². The number of nitrogens with zero attached hydrogens (tertiary/aromatic N) is 2. The van der Waals surface area contributed by atoms with Gasteiger partial charge in [-0.25, -0.2) is 0 Å². The van der Waals surface area contributed by atoms with Crippen LogP contribution in [0, 0.1) is 10.1 Å². The van der Waals surface area contributed by atoms with Crippen molar-refractivity contribution in [2.45, 2.75) is 5.37 Å². The molecule has 0 spiro atoms. The van der Waals surface area contributed by atoms with E-state index in [1.807, 2.05) is 12.1 Å². The highest BCUT2D eigenvalue weighted by Gasteiger charge is 2.37. The van der Waals surface area contributed by atoms with Crippen LogP contribution in [-0.4, -0.2) is 36.7 Å². The molecule has 1 N–H and O–H groups in total. The van der Waals surface area contributed by atoms with E-state index in [1.165, 1.54) is 43.1 Å². The number of carbonyl (C=O) groups is 2. The Hall–Kier alpha value is -4.05. The van der Waals surface area contributed by atoms with Crippen molar-refractivity contribution < 1.29 is 24.0 Å². The minimum atomic E-state index is -0.521. The second-order valence-corrected chi connectivity index (χ2v) is 8.38. The lowest BCUT2D eigenvalue weighted by atomic mass is 10.1. The molecule has 1 fully saturated rings. The van der Waals surface area contributed by atoms with Crippen LogP contribution in [0.5, 0.6) is 11.5 Å². The van der Waals surface area contributed by atoms with Crippen LogP contribution in [0.4, 0.5) is 17.1 Å². The molecule has 1 heterocycles. The fourth-order valence-electron chi connectivity index (χ4n) is 3.65. The Bertz CT molecular complexity index is 1250. The number of rotatable bonds is 7. The standard InChI is InChI=1S/C24H21N3O6S/c1-32-17-11-12-21(33-2)20(13-17)26-22(28)14-34-24(26)18-5-3-4-6-19(18)25-23(29)15-7-9-16(10-8-15)27(30)31/h3-13,24H,14H2,1-2H3,(H,25,29). The van der Waals surface area contributed by atoms with Crippen LogP contribution >= 0.6 is 11.8 Å². The first kappa shape index (κ1) is 23.1. The van der Waals surface area contributed by atoms with Crippen molar-refractivity contribution in [1.29, 1.82) is 0 Å². The van der Waals surface area contributed by atoms with Gasteiger partial charge in [-0.2, -0.15) is 0 Å². The van der Waals surface area contributed by atoms with Gasteiger partial charge >= 0.3 is 0 Å². The number of nitro groups is 1. The number of ether oxygens (including phenoxy) is 2. The van der Waals surface area contributed by atoms with Gasteiger partial charge in [0.25, 0.3) is 11.6 Å². The predicted molar refractivity (Wildman–Crippen MR) is 130 cm³/mol. The number of methoxy groups -OCH3 is 2. The SMILES string of the molecule is COc1ccc(OC)c(N2C(=O)CSC2c2ccccc2NC(=O)c2ccc([N+](=O)[O-])cc2)c1. The van der Waals surface area contributed by atoms with E-state index in [4.69, 9.17) is 9.47 Å². The number of benzene rings is 3. The summed E-state index contributed by atoms with van der Waals surface area (Å²) in [5, 5.41) is 13.3. The Morgan fingerprint density at radius 2 is 1.82 bits per heavy atom. The van der Waals surface area contributed by atoms with Crippen LogP contribution in [0.2, 0.25) is 0 Å². The lowest BCUT2D eigenvalue weighted by Gasteiger charge is -2.27. The van der Waals surface area contributed by atoms with E-state index >= 15 is 0 Å². The molecular formula is C24H21N3O6S. The summed E-state index contributed by atoms with van der Waals surface area (Å²) in [6, 6.07) is 17.8. The van der Waals surface area contributed by atoms with Gasteiger partial charge in [-0.15, -0.1) is 11.8 Å². The molecule has 9 nitrogen and oxygen atoms in total. The molecule has 34 heavy (non-hydrogen) atoms. The number of non-ortho nitro benzene ring substituents is 1. The van der Waals surface area contributed by atoms with Crippen molar-refractivity contribution >= 4 is 40.6 Å². The molecule has 0 saturated carbocycles. The van der Waals surface area contributed by atoms with Gasteiger partial charge in [-0.3, -0.25) is 24.6 Å². The summed E-state index contributed by atoms with van der Waals surface area (Å²) in [4.78, 5) is 37.8. The van der Waals surface area contributed by atoms with Crippen LogP contribution in [0.1, 0.15) is 21.3 Å². The summed E-state index contributed by atoms with van der Waals surface area (Å²) in [6.45, 7) is 0. The van der Waals surface area contributed by atoms with Gasteiger partial charge in [0.05, 0.1) is 30.6 Å². The number of anilines is 2. The fourth-order valence-corrected chi connectivity index (χ4v) is 4.86. The van der Waals surface area contributed by atoms with Crippen molar-refractivity contribution in [2.75, 3.05) is 30.2 Å². The number of nitrogens with one attached hydrogen (secondary N) is 1. The summed E-state index contributed by atoms with van der Waals surface area (Å²) in [5.41, 5.74) is 2.02. The number of hydrogen-bond donors (Lipinski definition) is 1. The van der Waals surface area contributed by atoms with Crippen molar-refractivity contribution in [3.63, 3.8) is 0 Å². The van der Waals surface area contributed by atoms with Gasteiger partial charge in [0.2, 0.25) is 5.91 Å². The maximum absolute atomic E-state index is 12.9. The predicted octanol–water partition coefficient (Wildman–Crippen LogP) is 4.64. The molecule has 10 heteroatoms. The van der Waals surface area contributed by atoms with E-state index < -0.39 is 16.2 Å². The second-order valence-electron chi connectivity index (χ2n) is 7.31. The first-order chi connectivity index (χ1) is 16.4. The third-order valence-corrected chi connectivity index (χ3v) is 6.52. The number of para-hydroxylation sites is 1. The third-order valence-electron chi connectivity index (χ3n) is 5.33. The molecule has 1 unspecified atom stereocenters. The lowest BCUT2D eigenvalue weighted by molar-refractivity contribution is -0.384. The summed E-state index contributed by atoms with van der Waals surface area (Å²) in [5.74, 6) is 0.851. The van der Waals surface area contributed by atoms with E-state index in [0.717, 1.165) is 5.56 Å². The molecule has 1 atom stereocenters. The minimum Gasteiger partial charge on any atom is -0.497 e. The summed E-state index contributed by atoms with van der Waals surface area (Å²) in [6.07, 6.45) is 0. The lowest BCUT2D eigenvalue weighted by Crippen LogP contribution is -2.29. The van der Waals surface area contributed by atoms with Crippen molar-refractivity contribution in [1.82, 2.24) is 0 Å². The van der Waals surface area contributed by atoms with Crippen molar-refractivity contribution in [3.05, 3.63) is 88.0 Å². The first-order valence-corrected chi connectivity index (χ1v) is 11.3. The van der Waals surface area contributed by atoms with Crippen LogP contribution in [0.15, 0.2) is 66.7 Å². The van der Waals surface area contributed by atoms with Gasteiger partial charge < -0.3 is 14.8 Å². The van der Waals surface area contributed by atoms with Gasteiger partial charge in [-0.1, -0.05) is 18.2 Å². The van der Waals surface area contributed by atoms with Gasteiger partial charge in [-0.05, 0) is 30.3 Å². The third kappa shape index (κ3) is 4.53. The molecule has 0 aromatic heterocycles. The zero-order valence-corrected chi connectivity index (χ0v) is 19.2. The van der Waals surface area contributed by atoms with Gasteiger partial charge in [0, 0.05) is 35.0 Å². The molecule has 174 valence electrons. The van der Waals surface area contributed by atoms with E-state index in [9.17, 15) is 19.7 Å².